The highest BCUT2D eigenvalue weighted by molar-refractivity contribution is 9.10. The van der Waals surface area contributed by atoms with Crippen molar-refractivity contribution in [3.63, 3.8) is 0 Å². The summed E-state index contributed by atoms with van der Waals surface area (Å²) in [5, 5.41) is 0. The Labute approximate surface area is 188 Å². The molecule has 0 aliphatic carbocycles. The molecular weight excluding hydrogens is 440 g/mol. The quantitative estimate of drug-likeness (QED) is 0.488. The molecule has 0 saturated carbocycles. The molecule has 2 N–H and O–H groups in total. The van der Waals surface area contributed by atoms with Gasteiger partial charge in [0.15, 0.2) is 0 Å². The second-order valence-corrected chi connectivity index (χ2v) is 9.07. The highest BCUT2D eigenvalue weighted by Gasteiger charge is 2.30. The largest absolute Gasteiger partial charge is 0.371 e. The summed E-state index contributed by atoms with van der Waals surface area (Å²) in [5.41, 5.74) is 8.78. The fraction of sp³-hybridized carbons (Fsp3) is 0.440. The number of para-hydroxylation sites is 1. The number of hydrogen-bond acceptors (Lipinski definition) is 3. The van der Waals surface area contributed by atoms with Crippen molar-refractivity contribution in [1.29, 1.82) is 0 Å². The van der Waals surface area contributed by atoms with E-state index < -0.39 is 11.8 Å². The molecule has 0 bridgehead atoms. The first-order chi connectivity index (χ1) is 14.5. The van der Waals surface area contributed by atoms with Crippen molar-refractivity contribution < 1.29 is 9.59 Å². The fourth-order valence-corrected chi connectivity index (χ4v) is 4.76. The second-order valence-electron chi connectivity index (χ2n) is 8.15. The van der Waals surface area contributed by atoms with Gasteiger partial charge in [-0.2, -0.15) is 0 Å². The average molecular weight is 471 g/mol. The third-order valence-electron chi connectivity index (χ3n) is 5.97. The van der Waals surface area contributed by atoms with Crippen LogP contribution in [0.1, 0.15) is 68.4 Å². The minimum Gasteiger partial charge on any atom is -0.371 e. The molecule has 2 atom stereocenters. The number of halogens is 1. The van der Waals surface area contributed by atoms with E-state index in [1.165, 1.54) is 30.5 Å². The molecule has 1 amide bonds. The zero-order valence-electron chi connectivity index (χ0n) is 17.6. The Kier molecular flexibility index (Phi) is 8.08. The third-order valence-corrected chi connectivity index (χ3v) is 6.50. The number of benzene rings is 2. The van der Waals surface area contributed by atoms with E-state index in [0.717, 1.165) is 30.4 Å². The van der Waals surface area contributed by atoms with Gasteiger partial charge in [-0.3, -0.25) is 9.59 Å². The molecule has 2 aromatic carbocycles. The number of primary amides is 1. The molecule has 1 fully saturated rings. The van der Waals surface area contributed by atoms with Crippen LogP contribution in [-0.4, -0.2) is 24.8 Å². The van der Waals surface area contributed by atoms with E-state index >= 15 is 0 Å². The van der Waals surface area contributed by atoms with Crippen molar-refractivity contribution in [2.24, 2.45) is 5.73 Å². The van der Waals surface area contributed by atoms with E-state index in [-0.39, 0.29) is 11.7 Å². The van der Waals surface area contributed by atoms with E-state index in [2.05, 4.69) is 52.0 Å². The van der Waals surface area contributed by atoms with E-state index in [1.807, 2.05) is 12.1 Å². The monoisotopic (exact) mass is 470 g/mol. The lowest BCUT2D eigenvalue weighted by atomic mass is 9.83. The molecule has 1 aliphatic heterocycles. The van der Waals surface area contributed by atoms with Gasteiger partial charge >= 0.3 is 0 Å². The molecule has 0 aromatic heterocycles. The molecule has 30 heavy (non-hydrogen) atoms. The predicted molar refractivity (Wildman–Crippen MR) is 126 cm³/mol. The predicted octanol–water partition coefficient (Wildman–Crippen LogP) is 5.55. The van der Waals surface area contributed by atoms with Crippen molar-refractivity contribution in [1.82, 2.24) is 0 Å². The number of carbonyl (C=O) groups excluding carboxylic acids is 2. The summed E-state index contributed by atoms with van der Waals surface area (Å²) in [4.78, 5) is 27.9. The van der Waals surface area contributed by atoms with Crippen molar-refractivity contribution in [3.8, 4) is 0 Å². The van der Waals surface area contributed by atoms with Crippen molar-refractivity contribution in [2.75, 3.05) is 18.0 Å². The minimum atomic E-state index is -0.903. The van der Waals surface area contributed by atoms with Crippen LogP contribution in [0.5, 0.6) is 0 Å². The number of rotatable bonds is 9. The van der Waals surface area contributed by atoms with E-state index in [4.69, 9.17) is 5.73 Å². The van der Waals surface area contributed by atoms with Gasteiger partial charge in [0.2, 0.25) is 5.91 Å². The van der Waals surface area contributed by atoms with Gasteiger partial charge in [0, 0.05) is 29.7 Å². The Bertz CT molecular complexity index is 860. The van der Waals surface area contributed by atoms with Crippen LogP contribution in [0, 0.1) is 0 Å². The summed E-state index contributed by atoms with van der Waals surface area (Å²) in [7, 11) is 0. The second kappa shape index (κ2) is 10.8. The van der Waals surface area contributed by atoms with E-state index in [1.54, 1.807) is 12.1 Å². The lowest BCUT2D eigenvalue weighted by Gasteiger charge is -2.32. The number of nitrogens with two attached hydrogens (primary N) is 1. The normalized spacial score (nSPS) is 16.1. The molecule has 1 aliphatic rings. The van der Waals surface area contributed by atoms with E-state index in [0.29, 0.717) is 12.0 Å². The van der Waals surface area contributed by atoms with Crippen LogP contribution in [0.3, 0.4) is 0 Å². The van der Waals surface area contributed by atoms with Gasteiger partial charge in [-0.25, -0.2) is 0 Å². The topological polar surface area (TPSA) is 63.4 Å². The number of nitrogens with zero attached hydrogens (tertiary/aromatic N) is 1. The zero-order chi connectivity index (χ0) is 21.5. The SMILES string of the molecule is CCCC(CC(=O)C(C(N)=O)c1ccc(Br)cc1)c1ccccc1N1CCCCC1. The van der Waals surface area contributed by atoms with Crippen molar-refractivity contribution in [3.05, 3.63) is 64.1 Å². The van der Waals surface area contributed by atoms with Crippen LogP contribution in [0.2, 0.25) is 0 Å². The molecule has 160 valence electrons. The number of hydrogen-bond donors (Lipinski definition) is 1. The minimum absolute atomic E-state index is 0.0814. The molecule has 4 nitrogen and oxygen atoms in total. The lowest BCUT2D eigenvalue weighted by Crippen LogP contribution is -2.31. The maximum Gasteiger partial charge on any atom is 0.232 e. The van der Waals surface area contributed by atoms with Crippen LogP contribution < -0.4 is 10.6 Å². The van der Waals surface area contributed by atoms with E-state index in [9.17, 15) is 9.59 Å². The highest BCUT2D eigenvalue weighted by atomic mass is 79.9. The molecule has 1 saturated heterocycles. The van der Waals surface area contributed by atoms with Crippen LogP contribution in [0.25, 0.3) is 0 Å². The number of Topliss-reactive ketones (excluding diaryl/α,β-unsaturated/α-hetero) is 1. The summed E-state index contributed by atoms with van der Waals surface area (Å²) in [6.07, 6.45) is 5.90. The van der Waals surface area contributed by atoms with Crippen LogP contribution in [0.4, 0.5) is 5.69 Å². The zero-order valence-corrected chi connectivity index (χ0v) is 19.2. The number of anilines is 1. The Balaban J connectivity index is 1.87. The number of piperidine rings is 1. The number of amides is 1. The maximum absolute atomic E-state index is 13.3. The summed E-state index contributed by atoms with van der Waals surface area (Å²) in [6, 6.07) is 15.7. The van der Waals surface area contributed by atoms with Crippen LogP contribution in [0.15, 0.2) is 53.0 Å². The molecule has 5 heteroatoms. The van der Waals surface area contributed by atoms with Gasteiger partial charge < -0.3 is 10.6 Å². The Hall–Kier alpha value is -2.14. The Morgan fingerprint density at radius 2 is 1.70 bits per heavy atom. The Morgan fingerprint density at radius 3 is 2.33 bits per heavy atom. The van der Waals surface area contributed by atoms with Gasteiger partial charge in [0.05, 0.1) is 0 Å². The molecule has 0 radical (unpaired) electrons. The molecule has 3 rings (SSSR count). The lowest BCUT2D eigenvalue weighted by molar-refractivity contribution is -0.128. The number of carbonyl (C=O) groups is 2. The van der Waals surface area contributed by atoms with Gasteiger partial charge in [-0.1, -0.05) is 59.6 Å². The first-order valence-electron chi connectivity index (χ1n) is 10.9. The third kappa shape index (κ3) is 5.51. The molecule has 2 aromatic rings. The van der Waals surface area contributed by atoms with Gasteiger partial charge in [-0.15, -0.1) is 0 Å². The molecule has 0 spiro atoms. The van der Waals surface area contributed by atoms with Crippen LogP contribution >= 0.6 is 15.9 Å². The van der Waals surface area contributed by atoms with Crippen molar-refractivity contribution >= 4 is 33.3 Å². The first kappa shape index (κ1) is 22.5. The molecule has 1 heterocycles. The summed E-state index contributed by atoms with van der Waals surface area (Å²) in [5.74, 6) is -1.50. The standard InChI is InChI=1S/C25H31BrN2O2/c1-2-8-19(21-9-4-5-10-22(21)28-15-6-3-7-16-28)17-23(29)24(25(27)30)18-11-13-20(26)14-12-18/h4-5,9-14,19,24H,2-3,6-8,15-17H2,1H3,(H2,27,30). The molecular formula is C25H31BrN2O2. The molecule has 2 unspecified atom stereocenters. The summed E-state index contributed by atoms with van der Waals surface area (Å²) in [6.45, 7) is 4.26. The van der Waals surface area contributed by atoms with Crippen LogP contribution in [-0.2, 0) is 9.59 Å². The fourth-order valence-electron chi connectivity index (χ4n) is 4.50. The van der Waals surface area contributed by atoms with Gasteiger partial charge in [0.1, 0.15) is 11.7 Å². The summed E-state index contributed by atoms with van der Waals surface area (Å²) >= 11 is 3.40. The van der Waals surface area contributed by atoms with Gasteiger partial charge in [-0.05, 0) is 60.9 Å². The average Bonchev–Trinajstić information content (AvgIpc) is 2.75. The highest BCUT2D eigenvalue weighted by Crippen LogP contribution is 2.36. The first-order valence-corrected chi connectivity index (χ1v) is 11.7. The number of ketones is 1. The summed E-state index contributed by atoms with van der Waals surface area (Å²) < 4.78 is 0.904. The smallest absolute Gasteiger partial charge is 0.232 e. The van der Waals surface area contributed by atoms with Gasteiger partial charge in [0.25, 0.3) is 0 Å². The Morgan fingerprint density at radius 1 is 1.03 bits per heavy atom. The van der Waals surface area contributed by atoms with Crippen molar-refractivity contribution in [2.45, 2.75) is 57.3 Å². The maximum atomic E-state index is 13.3.